The molecule has 6 nitrogen and oxygen atoms in total. The van der Waals surface area contributed by atoms with Crippen LogP contribution in [-0.2, 0) is 22.4 Å². The van der Waals surface area contributed by atoms with Gasteiger partial charge in [-0.25, -0.2) is 0 Å². The molecule has 7 heteroatoms. The highest BCUT2D eigenvalue weighted by atomic mass is 16.4. The number of amides is 2. The van der Waals surface area contributed by atoms with Gasteiger partial charge in [-0.3, -0.25) is 9.59 Å². The third-order valence-electron chi connectivity index (χ3n) is 3.92. The molecule has 0 aliphatic heterocycles. The first-order chi connectivity index (χ1) is 12.3. The Morgan fingerprint density at radius 2 is 1.58 bits per heavy atom. The number of nitrogens with one attached hydrogen (secondary N) is 2. The summed E-state index contributed by atoms with van der Waals surface area (Å²) in [5.74, 6) is -1.25. The third kappa shape index (κ3) is 6.35. The molecule has 0 fully saturated rings. The van der Waals surface area contributed by atoms with Gasteiger partial charge in [-0.1, -0.05) is 42.0 Å². The molecular formula is C19H23BN2O4. The third-order valence-corrected chi connectivity index (χ3v) is 3.92. The van der Waals surface area contributed by atoms with Crippen molar-refractivity contribution in [3.05, 3.63) is 65.2 Å². The van der Waals surface area contributed by atoms with Gasteiger partial charge in [0.15, 0.2) is 0 Å². The first-order valence-electron chi connectivity index (χ1n) is 8.41. The van der Waals surface area contributed by atoms with Crippen LogP contribution in [0.1, 0.15) is 23.6 Å². The predicted molar refractivity (Wildman–Crippen MR) is 101 cm³/mol. The van der Waals surface area contributed by atoms with E-state index in [9.17, 15) is 19.6 Å². The summed E-state index contributed by atoms with van der Waals surface area (Å²) in [5, 5.41) is 24.5. The SMILES string of the molecule is CC(=O)Nc1ccc(CC(=O)NC(Cc2ccc(C)cc2)B(O)O)cc1. The minimum absolute atomic E-state index is 0.109. The zero-order chi connectivity index (χ0) is 19.1. The quantitative estimate of drug-likeness (QED) is 0.562. The second kappa shape index (κ2) is 9.17. The molecule has 136 valence electrons. The molecule has 0 spiro atoms. The first kappa shape index (κ1) is 19.7. The number of aryl methyl sites for hydroxylation is 1. The Hall–Kier alpha value is -2.64. The standard InChI is InChI=1S/C19H23BN2O4/c1-13-3-5-15(6-4-13)11-18(20(25)26)22-19(24)12-16-7-9-17(10-8-16)21-14(2)23/h3-10,18,25-26H,11-12H2,1-2H3,(H,21,23)(H,22,24). The lowest BCUT2D eigenvalue weighted by atomic mass is 9.75. The van der Waals surface area contributed by atoms with Gasteiger partial charge in [0.25, 0.3) is 0 Å². The first-order valence-corrected chi connectivity index (χ1v) is 8.41. The van der Waals surface area contributed by atoms with Gasteiger partial charge in [0.1, 0.15) is 0 Å². The van der Waals surface area contributed by atoms with Gasteiger partial charge in [0.2, 0.25) is 11.8 Å². The molecule has 2 aromatic rings. The van der Waals surface area contributed by atoms with Crippen molar-refractivity contribution in [1.29, 1.82) is 0 Å². The summed E-state index contributed by atoms with van der Waals surface area (Å²) in [6.07, 6.45) is 0.433. The van der Waals surface area contributed by atoms with E-state index in [0.717, 1.165) is 16.7 Å². The zero-order valence-electron chi connectivity index (χ0n) is 14.9. The topological polar surface area (TPSA) is 98.7 Å². The highest BCUT2D eigenvalue weighted by Gasteiger charge is 2.25. The Morgan fingerprint density at radius 3 is 2.12 bits per heavy atom. The van der Waals surface area contributed by atoms with E-state index in [1.54, 1.807) is 24.3 Å². The van der Waals surface area contributed by atoms with E-state index < -0.39 is 13.1 Å². The van der Waals surface area contributed by atoms with Gasteiger partial charge in [-0.2, -0.15) is 0 Å². The van der Waals surface area contributed by atoms with Crippen molar-refractivity contribution in [1.82, 2.24) is 5.32 Å². The fourth-order valence-corrected chi connectivity index (χ4v) is 2.56. The van der Waals surface area contributed by atoms with Crippen molar-refractivity contribution in [2.45, 2.75) is 32.6 Å². The molecule has 0 bridgehead atoms. The second-order valence-electron chi connectivity index (χ2n) is 6.33. The van der Waals surface area contributed by atoms with E-state index in [2.05, 4.69) is 10.6 Å². The molecule has 0 aliphatic rings. The van der Waals surface area contributed by atoms with Crippen LogP contribution in [-0.4, -0.2) is 34.9 Å². The van der Waals surface area contributed by atoms with Crippen LogP contribution < -0.4 is 10.6 Å². The van der Waals surface area contributed by atoms with E-state index in [-0.39, 0.29) is 18.2 Å². The maximum atomic E-state index is 12.2. The number of rotatable bonds is 7. The van der Waals surface area contributed by atoms with Crippen molar-refractivity contribution >= 4 is 24.6 Å². The molecule has 2 aromatic carbocycles. The van der Waals surface area contributed by atoms with Gasteiger partial charge in [-0.05, 0) is 36.6 Å². The van der Waals surface area contributed by atoms with Gasteiger partial charge >= 0.3 is 7.12 Å². The van der Waals surface area contributed by atoms with Crippen molar-refractivity contribution < 1.29 is 19.6 Å². The maximum absolute atomic E-state index is 12.2. The number of hydrogen-bond acceptors (Lipinski definition) is 4. The number of carbonyl (C=O) groups is 2. The van der Waals surface area contributed by atoms with Crippen LogP contribution in [0.15, 0.2) is 48.5 Å². The van der Waals surface area contributed by atoms with Crippen LogP contribution >= 0.6 is 0 Å². The van der Waals surface area contributed by atoms with Crippen molar-refractivity contribution in [2.75, 3.05) is 5.32 Å². The average Bonchev–Trinajstić information content (AvgIpc) is 2.57. The molecule has 4 N–H and O–H groups in total. The maximum Gasteiger partial charge on any atom is 0.475 e. The monoisotopic (exact) mass is 354 g/mol. The number of carbonyl (C=O) groups excluding carboxylic acids is 2. The highest BCUT2D eigenvalue weighted by Crippen LogP contribution is 2.11. The normalized spacial score (nSPS) is 11.5. The Balaban J connectivity index is 1.94. The Bertz CT molecular complexity index is 745. The van der Waals surface area contributed by atoms with Crippen molar-refractivity contribution in [2.24, 2.45) is 0 Å². The smallest absolute Gasteiger partial charge is 0.426 e. The van der Waals surface area contributed by atoms with Gasteiger partial charge in [-0.15, -0.1) is 0 Å². The Kier molecular flexibility index (Phi) is 6.94. The molecule has 0 aliphatic carbocycles. The number of anilines is 1. The van der Waals surface area contributed by atoms with Crippen LogP contribution in [0.4, 0.5) is 5.69 Å². The summed E-state index contributed by atoms with van der Waals surface area (Å²) in [5.41, 5.74) is 3.44. The molecule has 0 aromatic heterocycles. The summed E-state index contributed by atoms with van der Waals surface area (Å²) in [4.78, 5) is 23.2. The molecule has 0 radical (unpaired) electrons. The van der Waals surface area contributed by atoms with Gasteiger partial charge in [0.05, 0.1) is 12.4 Å². The van der Waals surface area contributed by atoms with E-state index >= 15 is 0 Å². The average molecular weight is 354 g/mol. The molecule has 0 heterocycles. The molecular weight excluding hydrogens is 331 g/mol. The van der Waals surface area contributed by atoms with Gasteiger partial charge < -0.3 is 20.7 Å². The molecule has 0 saturated carbocycles. The lowest BCUT2D eigenvalue weighted by Gasteiger charge is -2.18. The van der Waals surface area contributed by atoms with Crippen LogP contribution in [0.25, 0.3) is 0 Å². The summed E-state index contributed by atoms with van der Waals surface area (Å²) < 4.78 is 0. The highest BCUT2D eigenvalue weighted by molar-refractivity contribution is 6.43. The van der Waals surface area contributed by atoms with E-state index in [1.165, 1.54) is 6.92 Å². The zero-order valence-corrected chi connectivity index (χ0v) is 14.9. The van der Waals surface area contributed by atoms with Crippen LogP contribution in [0.2, 0.25) is 0 Å². The van der Waals surface area contributed by atoms with E-state index in [1.807, 2.05) is 31.2 Å². The number of hydrogen-bond donors (Lipinski definition) is 4. The summed E-state index contributed by atoms with van der Waals surface area (Å²) in [6, 6.07) is 14.6. The predicted octanol–water partition coefficient (Wildman–Crippen LogP) is 1.24. The Labute approximate surface area is 153 Å². The summed E-state index contributed by atoms with van der Waals surface area (Å²) in [6.45, 7) is 3.40. The molecule has 2 rings (SSSR count). The van der Waals surface area contributed by atoms with Crippen molar-refractivity contribution in [3.8, 4) is 0 Å². The van der Waals surface area contributed by atoms with Crippen LogP contribution in [0, 0.1) is 6.92 Å². The summed E-state index contributed by atoms with van der Waals surface area (Å²) in [7, 11) is -1.65. The lowest BCUT2D eigenvalue weighted by Crippen LogP contribution is -2.48. The summed E-state index contributed by atoms with van der Waals surface area (Å²) >= 11 is 0. The minimum atomic E-state index is -1.65. The minimum Gasteiger partial charge on any atom is -0.426 e. The van der Waals surface area contributed by atoms with Crippen LogP contribution in [0.3, 0.4) is 0 Å². The van der Waals surface area contributed by atoms with E-state index in [4.69, 9.17) is 0 Å². The molecule has 0 saturated heterocycles. The molecule has 26 heavy (non-hydrogen) atoms. The fourth-order valence-electron chi connectivity index (χ4n) is 2.56. The van der Waals surface area contributed by atoms with Crippen LogP contribution in [0.5, 0.6) is 0 Å². The van der Waals surface area contributed by atoms with E-state index in [0.29, 0.717) is 12.1 Å². The lowest BCUT2D eigenvalue weighted by molar-refractivity contribution is -0.120. The molecule has 1 atom stereocenters. The molecule has 2 amide bonds. The Morgan fingerprint density at radius 1 is 1.00 bits per heavy atom. The van der Waals surface area contributed by atoms with Gasteiger partial charge in [0, 0.05) is 12.6 Å². The second-order valence-corrected chi connectivity index (χ2v) is 6.33. The molecule has 1 unspecified atom stereocenters. The number of benzene rings is 2. The van der Waals surface area contributed by atoms with Crippen molar-refractivity contribution in [3.63, 3.8) is 0 Å². The fraction of sp³-hybridized carbons (Fsp3) is 0.263. The largest absolute Gasteiger partial charge is 0.475 e.